The number of nitrogens with zero attached hydrogens (tertiary/aromatic N) is 2. The van der Waals surface area contributed by atoms with E-state index in [1.165, 1.54) is 43.5 Å². The van der Waals surface area contributed by atoms with Gasteiger partial charge in [-0.1, -0.05) is 42.8 Å². The first-order valence-corrected chi connectivity index (χ1v) is 10.7. The largest absolute Gasteiger partial charge is 0.355 e. The number of hydrogen-bond donors (Lipinski definition) is 3. The van der Waals surface area contributed by atoms with Gasteiger partial charge in [-0.2, -0.15) is 0 Å². The van der Waals surface area contributed by atoms with E-state index in [2.05, 4.69) is 50.1 Å². The zero-order valence-corrected chi connectivity index (χ0v) is 18.1. The van der Waals surface area contributed by atoms with Gasteiger partial charge >= 0.3 is 0 Å². The number of carbonyl (C=O) groups is 1. The van der Waals surface area contributed by atoms with Crippen LogP contribution >= 0.6 is 0 Å². The fourth-order valence-corrected chi connectivity index (χ4v) is 3.70. The Balaban J connectivity index is 1.46. The third-order valence-electron chi connectivity index (χ3n) is 5.44. The predicted octanol–water partition coefficient (Wildman–Crippen LogP) is 2.90. The van der Waals surface area contributed by atoms with Crippen LogP contribution in [0.5, 0.6) is 0 Å². The van der Waals surface area contributed by atoms with Crippen molar-refractivity contribution >= 4 is 11.9 Å². The van der Waals surface area contributed by atoms with Gasteiger partial charge in [0.25, 0.3) is 5.91 Å². The van der Waals surface area contributed by atoms with E-state index in [0.29, 0.717) is 18.7 Å². The molecule has 1 aliphatic rings. The number of hydrogen-bond acceptors (Lipinski definition) is 3. The minimum Gasteiger partial charge on any atom is -0.355 e. The van der Waals surface area contributed by atoms with Gasteiger partial charge in [0.1, 0.15) is 0 Å². The fourth-order valence-electron chi connectivity index (χ4n) is 3.70. The number of amides is 1. The molecular weight excluding hydrogens is 374 g/mol. The van der Waals surface area contributed by atoms with E-state index in [1.807, 2.05) is 24.3 Å². The van der Waals surface area contributed by atoms with Crippen molar-refractivity contribution in [2.24, 2.45) is 4.99 Å². The van der Waals surface area contributed by atoms with Crippen molar-refractivity contribution in [2.45, 2.75) is 38.9 Å². The Labute approximate surface area is 179 Å². The molecule has 3 N–H and O–H groups in total. The number of nitrogens with one attached hydrogen (secondary N) is 3. The molecule has 0 bridgehead atoms. The van der Waals surface area contributed by atoms with Gasteiger partial charge in [-0.15, -0.1) is 0 Å². The Morgan fingerprint density at radius 2 is 1.60 bits per heavy atom. The number of guanidine groups is 1. The minimum atomic E-state index is -0.0805. The lowest BCUT2D eigenvalue weighted by atomic mass is 10.1. The second kappa shape index (κ2) is 11.4. The van der Waals surface area contributed by atoms with E-state index in [-0.39, 0.29) is 5.91 Å². The monoisotopic (exact) mass is 407 g/mol. The number of rotatable bonds is 7. The maximum atomic E-state index is 11.8. The van der Waals surface area contributed by atoms with Gasteiger partial charge in [0, 0.05) is 39.3 Å². The first-order chi connectivity index (χ1) is 14.7. The highest BCUT2D eigenvalue weighted by Gasteiger charge is 2.10. The van der Waals surface area contributed by atoms with E-state index in [4.69, 9.17) is 0 Å². The van der Waals surface area contributed by atoms with Gasteiger partial charge in [0.05, 0.1) is 0 Å². The van der Waals surface area contributed by atoms with Crippen LogP contribution in [0.1, 0.15) is 46.3 Å². The number of likely N-dealkylation sites (tertiary alicyclic amines) is 1. The van der Waals surface area contributed by atoms with Gasteiger partial charge in [-0.3, -0.25) is 14.7 Å². The zero-order chi connectivity index (χ0) is 21.2. The summed E-state index contributed by atoms with van der Waals surface area (Å²) in [5.74, 6) is 0.654. The van der Waals surface area contributed by atoms with Crippen LogP contribution in [0.3, 0.4) is 0 Å². The Morgan fingerprint density at radius 3 is 2.27 bits per heavy atom. The Kier molecular flexibility index (Phi) is 8.27. The summed E-state index contributed by atoms with van der Waals surface area (Å²) in [6.07, 6.45) is 4.02. The van der Waals surface area contributed by atoms with E-state index in [0.717, 1.165) is 18.1 Å². The summed E-state index contributed by atoms with van der Waals surface area (Å²) in [5, 5.41) is 9.31. The summed E-state index contributed by atoms with van der Waals surface area (Å²) in [6, 6.07) is 16.4. The third kappa shape index (κ3) is 6.59. The molecule has 1 saturated heterocycles. The second-order valence-electron chi connectivity index (χ2n) is 7.71. The molecule has 0 saturated carbocycles. The molecular formula is C24H33N5O. The molecule has 6 heteroatoms. The summed E-state index contributed by atoms with van der Waals surface area (Å²) in [5.41, 5.74) is 4.28. The molecule has 0 atom stereocenters. The Hall–Kier alpha value is -2.86. The minimum absolute atomic E-state index is 0.0805. The molecule has 0 aromatic heterocycles. The molecule has 160 valence electrons. The molecule has 0 unspecified atom stereocenters. The fraction of sp³-hybridized carbons (Fsp3) is 0.417. The summed E-state index contributed by atoms with van der Waals surface area (Å²) in [4.78, 5) is 18.6. The maximum Gasteiger partial charge on any atom is 0.251 e. The quantitative estimate of drug-likeness (QED) is 0.488. The normalized spacial score (nSPS) is 14.9. The lowest BCUT2D eigenvalue weighted by molar-refractivity contribution is 0.0963. The average molecular weight is 408 g/mol. The zero-order valence-electron chi connectivity index (χ0n) is 18.1. The van der Waals surface area contributed by atoms with Crippen molar-refractivity contribution in [3.05, 3.63) is 70.8 Å². The average Bonchev–Trinajstić information content (AvgIpc) is 2.80. The van der Waals surface area contributed by atoms with Crippen molar-refractivity contribution in [3.63, 3.8) is 0 Å². The first-order valence-electron chi connectivity index (χ1n) is 10.7. The van der Waals surface area contributed by atoms with E-state index < -0.39 is 0 Å². The van der Waals surface area contributed by atoms with Crippen molar-refractivity contribution in [1.82, 2.24) is 20.9 Å². The highest BCUT2D eigenvalue weighted by atomic mass is 16.1. The molecule has 0 radical (unpaired) electrons. The molecule has 30 heavy (non-hydrogen) atoms. The highest BCUT2D eigenvalue weighted by molar-refractivity contribution is 5.94. The van der Waals surface area contributed by atoms with Crippen LogP contribution < -0.4 is 16.0 Å². The van der Waals surface area contributed by atoms with Crippen LogP contribution in [0.25, 0.3) is 0 Å². The van der Waals surface area contributed by atoms with Crippen LogP contribution in [0, 0.1) is 0 Å². The molecule has 0 spiro atoms. The van der Waals surface area contributed by atoms with Gasteiger partial charge in [0.15, 0.2) is 5.96 Å². The van der Waals surface area contributed by atoms with Crippen LogP contribution in [0.2, 0.25) is 0 Å². The second-order valence-corrected chi connectivity index (χ2v) is 7.71. The van der Waals surface area contributed by atoms with Crippen molar-refractivity contribution in [3.8, 4) is 0 Å². The lowest BCUT2D eigenvalue weighted by Gasteiger charge is -2.26. The Bertz CT molecular complexity index is 841. The topological polar surface area (TPSA) is 68.8 Å². The van der Waals surface area contributed by atoms with E-state index in [9.17, 15) is 4.79 Å². The molecule has 6 nitrogen and oxygen atoms in total. The summed E-state index contributed by atoms with van der Waals surface area (Å²) in [7, 11) is 3.40. The predicted molar refractivity (Wildman–Crippen MR) is 122 cm³/mol. The van der Waals surface area contributed by atoms with Gasteiger partial charge < -0.3 is 16.0 Å². The lowest BCUT2D eigenvalue weighted by Crippen LogP contribution is -2.36. The van der Waals surface area contributed by atoms with E-state index in [1.54, 1.807) is 14.1 Å². The summed E-state index contributed by atoms with van der Waals surface area (Å²) in [6.45, 7) is 4.79. The van der Waals surface area contributed by atoms with Gasteiger partial charge in [-0.25, -0.2) is 0 Å². The molecule has 1 fully saturated rings. The van der Waals surface area contributed by atoms with Gasteiger partial charge in [-0.05, 0) is 54.8 Å². The van der Waals surface area contributed by atoms with Crippen LogP contribution in [0.4, 0.5) is 0 Å². The van der Waals surface area contributed by atoms with Crippen molar-refractivity contribution in [1.29, 1.82) is 0 Å². The number of aliphatic imine (C=N–C) groups is 1. The summed E-state index contributed by atoms with van der Waals surface area (Å²) >= 11 is 0. The highest BCUT2D eigenvalue weighted by Crippen LogP contribution is 2.13. The molecule has 2 aromatic rings. The smallest absolute Gasteiger partial charge is 0.251 e. The molecule has 1 heterocycles. The van der Waals surface area contributed by atoms with Gasteiger partial charge in [0.2, 0.25) is 0 Å². The Morgan fingerprint density at radius 1 is 0.933 bits per heavy atom. The molecule has 2 aromatic carbocycles. The van der Waals surface area contributed by atoms with Crippen molar-refractivity contribution in [2.75, 3.05) is 27.2 Å². The van der Waals surface area contributed by atoms with Crippen molar-refractivity contribution < 1.29 is 4.79 Å². The maximum absolute atomic E-state index is 11.8. The molecule has 1 aliphatic heterocycles. The number of carbonyl (C=O) groups excluding carboxylic acids is 1. The van der Waals surface area contributed by atoms with Crippen LogP contribution in [-0.2, 0) is 19.6 Å². The third-order valence-corrected chi connectivity index (χ3v) is 5.44. The molecule has 1 amide bonds. The van der Waals surface area contributed by atoms with E-state index >= 15 is 0 Å². The standard InChI is InChI=1S/C24H33N5O/c1-25-23(30)22-8-6-7-21(15-22)17-28-24(26-2)27-16-19-9-11-20(12-10-19)18-29-13-4-3-5-14-29/h6-12,15H,3-5,13-14,16-18H2,1-2H3,(H,25,30)(H2,26,27,28). The SMILES string of the molecule is CN=C(NCc1ccc(CN2CCCCC2)cc1)NCc1cccc(C(=O)NC)c1. The summed E-state index contributed by atoms with van der Waals surface area (Å²) < 4.78 is 0. The molecule has 3 rings (SSSR count). The van der Waals surface area contributed by atoms with Crippen LogP contribution in [0.15, 0.2) is 53.5 Å². The number of piperidine rings is 1. The first kappa shape index (κ1) is 21.8. The number of benzene rings is 2. The molecule has 0 aliphatic carbocycles. The van der Waals surface area contributed by atoms with Crippen LogP contribution in [-0.4, -0.2) is 44.0 Å².